The maximum absolute atomic E-state index is 12.4. The number of carbonyl (C=O) groups excluding carboxylic acids is 1. The summed E-state index contributed by atoms with van der Waals surface area (Å²) in [6.07, 6.45) is 0. The summed E-state index contributed by atoms with van der Waals surface area (Å²) in [5, 5.41) is 0.613. The van der Waals surface area contributed by atoms with Crippen molar-refractivity contribution in [3.63, 3.8) is 0 Å². The fourth-order valence-corrected chi connectivity index (χ4v) is 3.62. The summed E-state index contributed by atoms with van der Waals surface area (Å²) in [6.45, 7) is 0.470. The number of rotatable bonds is 4. The van der Waals surface area contributed by atoms with Gasteiger partial charge < -0.3 is 9.64 Å². The van der Waals surface area contributed by atoms with Gasteiger partial charge in [0.25, 0.3) is 5.91 Å². The molecule has 0 N–H and O–H groups in total. The number of hydrogen-bond acceptors (Lipinski definition) is 3. The van der Waals surface area contributed by atoms with Gasteiger partial charge in [0.15, 0.2) is 5.75 Å². The average Bonchev–Trinajstić information content (AvgIpc) is 2.82. The Labute approximate surface area is 142 Å². The van der Waals surface area contributed by atoms with Crippen molar-refractivity contribution in [1.29, 1.82) is 0 Å². The summed E-state index contributed by atoms with van der Waals surface area (Å²) in [7, 11) is 3.18. The molecule has 0 bridgehead atoms. The van der Waals surface area contributed by atoms with Crippen LogP contribution in [0, 0.1) is 0 Å². The van der Waals surface area contributed by atoms with Crippen molar-refractivity contribution in [2.75, 3.05) is 14.2 Å². The molecular weight excluding hydrogens is 353 g/mol. The molecule has 2 rings (SSSR count). The van der Waals surface area contributed by atoms with Crippen LogP contribution in [0.3, 0.4) is 0 Å². The maximum atomic E-state index is 12.4. The Morgan fingerprint density at radius 3 is 2.33 bits per heavy atom. The second-order valence-electron chi connectivity index (χ2n) is 4.34. The smallest absolute Gasteiger partial charge is 0.254 e. The molecule has 0 radical (unpaired) electrons. The molecule has 0 aliphatic carbocycles. The Kier molecular flexibility index (Phi) is 5.38. The minimum Gasteiger partial charge on any atom is -0.494 e. The van der Waals surface area contributed by atoms with Crippen LogP contribution in [-0.4, -0.2) is 25.0 Å². The quantitative estimate of drug-likeness (QED) is 0.765. The van der Waals surface area contributed by atoms with Crippen LogP contribution in [0.15, 0.2) is 24.3 Å². The Hall–Kier alpha value is -0.940. The Bertz CT molecular complexity index is 649. The van der Waals surface area contributed by atoms with Crippen LogP contribution >= 0.6 is 46.1 Å². The normalized spacial score (nSPS) is 10.5. The summed E-state index contributed by atoms with van der Waals surface area (Å²) in [5.41, 5.74) is 0.413. The lowest BCUT2D eigenvalue weighted by Gasteiger charge is -2.17. The molecule has 0 unspecified atom stereocenters. The van der Waals surface area contributed by atoms with Crippen molar-refractivity contribution < 1.29 is 9.53 Å². The van der Waals surface area contributed by atoms with E-state index in [9.17, 15) is 4.79 Å². The van der Waals surface area contributed by atoms with E-state index < -0.39 is 0 Å². The van der Waals surface area contributed by atoms with Crippen LogP contribution in [-0.2, 0) is 6.54 Å². The van der Waals surface area contributed by atoms with E-state index in [0.717, 1.165) is 4.88 Å². The molecule has 112 valence electrons. The third-order valence-electron chi connectivity index (χ3n) is 2.82. The number of methoxy groups -OCH3 is 1. The van der Waals surface area contributed by atoms with E-state index in [2.05, 4.69) is 0 Å². The van der Waals surface area contributed by atoms with Gasteiger partial charge in [-0.3, -0.25) is 4.79 Å². The van der Waals surface area contributed by atoms with E-state index in [1.165, 1.54) is 18.4 Å². The van der Waals surface area contributed by atoms with Crippen LogP contribution in [0.2, 0.25) is 14.4 Å². The standard InChI is InChI=1S/C14H12Cl3NO2S/c1-18(7-9-3-4-12(17)21-9)14(19)8-5-10(15)13(20-2)11(16)6-8/h3-6H,7H2,1-2H3. The van der Waals surface area contributed by atoms with E-state index in [0.29, 0.717) is 32.2 Å². The topological polar surface area (TPSA) is 29.5 Å². The summed E-state index contributed by atoms with van der Waals surface area (Å²) in [6, 6.07) is 6.80. The summed E-state index contributed by atoms with van der Waals surface area (Å²) >= 11 is 19.4. The number of carbonyl (C=O) groups is 1. The Morgan fingerprint density at radius 2 is 1.86 bits per heavy atom. The third kappa shape index (κ3) is 3.83. The summed E-state index contributed by atoms with van der Waals surface area (Å²) < 4.78 is 5.76. The Balaban J connectivity index is 2.19. The van der Waals surface area contributed by atoms with Gasteiger partial charge >= 0.3 is 0 Å². The molecule has 0 aliphatic heterocycles. The molecular formula is C14H12Cl3NO2S. The van der Waals surface area contributed by atoms with Crippen molar-refractivity contribution in [3.8, 4) is 5.75 Å². The highest BCUT2D eigenvalue weighted by molar-refractivity contribution is 7.16. The monoisotopic (exact) mass is 363 g/mol. The first-order valence-electron chi connectivity index (χ1n) is 5.95. The fourth-order valence-electron chi connectivity index (χ4n) is 1.84. The van der Waals surface area contributed by atoms with Crippen molar-refractivity contribution in [3.05, 3.63) is 49.1 Å². The minimum atomic E-state index is -0.175. The van der Waals surface area contributed by atoms with E-state index in [-0.39, 0.29) is 5.91 Å². The Morgan fingerprint density at radius 1 is 1.24 bits per heavy atom. The first-order chi connectivity index (χ1) is 9.92. The molecule has 0 fully saturated rings. The molecule has 1 aromatic carbocycles. The van der Waals surface area contributed by atoms with Crippen molar-refractivity contribution in [1.82, 2.24) is 4.90 Å². The second-order valence-corrected chi connectivity index (χ2v) is 6.95. The first kappa shape index (κ1) is 16.4. The van der Waals surface area contributed by atoms with Crippen molar-refractivity contribution in [2.45, 2.75) is 6.54 Å². The highest BCUT2D eigenvalue weighted by atomic mass is 35.5. The highest BCUT2D eigenvalue weighted by Crippen LogP contribution is 2.34. The van der Waals surface area contributed by atoms with E-state index in [1.54, 1.807) is 30.1 Å². The van der Waals surface area contributed by atoms with Crippen LogP contribution in [0.1, 0.15) is 15.2 Å². The number of ether oxygens (including phenoxy) is 1. The number of halogens is 3. The maximum Gasteiger partial charge on any atom is 0.254 e. The zero-order valence-electron chi connectivity index (χ0n) is 11.3. The van der Waals surface area contributed by atoms with Gasteiger partial charge in [-0.2, -0.15) is 0 Å². The molecule has 3 nitrogen and oxygen atoms in total. The van der Waals surface area contributed by atoms with Crippen LogP contribution in [0.25, 0.3) is 0 Å². The lowest BCUT2D eigenvalue weighted by Crippen LogP contribution is -2.25. The molecule has 0 saturated carbocycles. The number of nitrogens with zero attached hydrogens (tertiary/aromatic N) is 1. The number of thiophene rings is 1. The van der Waals surface area contributed by atoms with Gasteiger partial charge in [0, 0.05) is 17.5 Å². The van der Waals surface area contributed by atoms with E-state index in [1.807, 2.05) is 6.07 Å². The minimum absolute atomic E-state index is 0.175. The van der Waals surface area contributed by atoms with Crippen LogP contribution in [0.4, 0.5) is 0 Å². The van der Waals surface area contributed by atoms with Gasteiger partial charge in [-0.15, -0.1) is 11.3 Å². The largest absolute Gasteiger partial charge is 0.494 e. The van der Waals surface area contributed by atoms with Crippen LogP contribution < -0.4 is 4.74 Å². The summed E-state index contributed by atoms with van der Waals surface area (Å²) in [4.78, 5) is 15.0. The zero-order chi connectivity index (χ0) is 15.6. The molecule has 0 spiro atoms. The molecule has 0 atom stereocenters. The highest BCUT2D eigenvalue weighted by Gasteiger charge is 2.17. The van der Waals surface area contributed by atoms with Gasteiger partial charge in [-0.05, 0) is 24.3 Å². The molecule has 1 amide bonds. The van der Waals surface area contributed by atoms with E-state index in [4.69, 9.17) is 39.5 Å². The summed E-state index contributed by atoms with van der Waals surface area (Å²) in [5.74, 6) is 0.188. The van der Waals surface area contributed by atoms with Gasteiger partial charge in [0.05, 0.1) is 28.0 Å². The molecule has 7 heteroatoms. The lowest BCUT2D eigenvalue weighted by atomic mass is 10.2. The molecule has 0 saturated heterocycles. The number of hydrogen-bond donors (Lipinski definition) is 0. The van der Waals surface area contributed by atoms with Gasteiger partial charge in [-0.25, -0.2) is 0 Å². The molecule has 1 heterocycles. The zero-order valence-corrected chi connectivity index (χ0v) is 14.4. The van der Waals surface area contributed by atoms with Gasteiger partial charge in [0.2, 0.25) is 0 Å². The number of benzene rings is 1. The van der Waals surface area contributed by atoms with Crippen molar-refractivity contribution >= 4 is 52.0 Å². The van der Waals surface area contributed by atoms with E-state index >= 15 is 0 Å². The van der Waals surface area contributed by atoms with Crippen molar-refractivity contribution in [2.24, 2.45) is 0 Å². The third-order valence-corrected chi connectivity index (χ3v) is 4.60. The van der Waals surface area contributed by atoms with Gasteiger partial charge in [-0.1, -0.05) is 34.8 Å². The predicted molar refractivity (Wildman–Crippen MR) is 88.1 cm³/mol. The fraction of sp³-hybridized carbons (Fsp3) is 0.214. The SMILES string of the molecule is COc1c(Cl)cc(C(=O)N(C)Cc2ccc(Cl)s2)cc1Cl. The van der Waals surface area contributed by atoms with Gasteiger partial charge in [0.1, 0.15) is 0 Å². The lowest BCUT2D eigenvalue weighted by molar-refractivity contribution is 0.0786. The molecule has 1 aromatic heterocycles. The second kappa shape index (κ2) is 6.88. The molecule has 0 aliphatic rings. The van der Waals surface area contributed by atoms with Crippen LogP contribution in [0.5, 0.6) is 5.75 Å². The predicted octanol–water partition coefficient (Wildman–Crippen LogP) is 4.99. The first-order valence-corrected chi connectivity index (χ1v) is 7.90. The number of amides is 1. The molecule has 21 heavy (non-hydrogen) atoms. The average molecular weight is 365 g/mol. The molecule has 2 aromatic rings.